The molecule has 0 saturated carbocycles. The van der Waals surface area contributed by atoms with Gasteiger partial charge < -0.3 is 15.3 Å². The summed E-state index contributed by atoms with van der Waals surface area (Å²) in [7, 11) is 0. The number of carbonyl (C=O) groups is 1. The molecule has 1 amide bonds. The number of rotatable bonds is 5. The number of aliphatic hydroxyl groups is 1. The number of β-amino-alcohol motifs (C(OH)–C–C–N with tert-alkyl or cyclic N) is 1. The molecule has 3 rings (SSSR count). The highest BCUT2D eigenvalue weighted by Gasteiger charge is 2.39. The lowest BCUT2D eigenvalue weighted by atomic mass is 9.83. The minimum atomic E-state index is -1.03. The van der Waals surface area contributed by atoms with Crippen LogP contribution in [0.25, 0.3) is 0 Å². The summed E-state index contributed by atoms with van der Waals surface area (Å²) in [6.45, 7) is 4.67. The van der Waals surface area contributed by atoms with Crippen LogP contribution in [0.15, 0.2) is 42.7 Å². The molecule has 2 aromatic rings. The van der Waals surface area contributed by atoms with Gasteiger partial charge in [0, 0.05) is 25.5 Å². The molecule has 1 aliphatic rings. The molecule has 1 atom stereocenters. The molecule has 1 fully saturated rings. The quantitative estimate of drug-likeness (QED) is 0.850. The highest BCUT2D eigenvalue weighted by Crippen LogP contribution is 2.26. The molecule has 7 heteroatoms. The molecular formula is C19H23FN4O2. The van der Waals surface area contributed by atoms with Crippen LogP contribution in [0.4, 0.5) is 10.3 Å². The van der Waals surface area contributed by atoms with Crippen molar-refractivity contribution >= 4 is 11.9 Å². The number of hydrogen-bond donors (Lipinski definition) is 2. The first-order valence-corrected chi connectivity index (χ1v) is 8.59. The molecular weight excluding hydrogens is 335 g/mol. The van der Waals surface area contributed by atoms with Gasteiger partial charge in [-0.2, -0.15) is 0 Å². The summed E-state index contributed by atoms with van der Waals surface area (Å²) in [4.78, 5) is 22.9. The zero-order valence-electron chi connectivity index (χ0n) is 14.9. The van der Waals surface area contributed by atoms with E-state index in [1.807, 2.05) is 4.90 Å². The second-order valence-electron chi connectivity index (χ2n) is 7.26. The Bertz CT molecular complexity index is 767. The number of benzene rings is 1. The van der Waals surface area contributed by atoms with Crippen molar-refractivity contribution in [1.29, 1.82) is 0 Å². The van der Waals surface area contributed by atoms with Crippen LogP contribution >= 0.6 is 0 Å². The third-order valence-corrected chi connectivity index (χ3v) is 4.88. The lowest BCUT2D eigenvalue weighted by molar-refractivity contribution is -0.126. The summed E-state index contributed by atoms with van der Waals surface area (Å²) in [5.41, 5.74) is -1.15. The van der Waals surface area contributed by atoms with Crippen LogP contribution in [0.1, 0.15) is 25.8 Å². The number of aromatic nitrogens is 2. The summed E-state index contributed by atoms with van der Waals surface area (Å²) >= 11 is 0. The van der Waals surface area contributed by atoms with Crippen molar-refractivity contribution in [3.05, 3.63) is 54.1 Å². The Hall–Kier alpha value is -2.54. The molecule has 1 saturated heterocycles. The van der Waals surface area contributed by atoms with Crippen LogP contribution in [0.5, 0.6) is 0 Å². The number of anilines is 1. The fraction of sp³-hybridized carbons (Fsp3) is 0.421. The number of amides is 1. The highest BCUT2D eigenvalue weighted by atomic mass is 19.1. The van der Waals surface area contributed by atoms with E-state index in [1.54, 1.807) is 44.4 Å². The first kappa shape index (κ1) is 18.3. The molecule has 0 bridgehead atoms. The van der Waals surface area contributed by atoms with E-state index in [1.165, 1.54) is 12.1 Å². The summed E-state index contributed by atoms with van der Waals surface area (Å²) in [5.74, 6) is 0.0155. The van der Waals surface area contributed by atoms with Crippen molar-refractivity contribution in [3.8, 4) is 0 Å². The predicted molar refractivity (Wildman–Crippen MR) is 96.2 cm³/mol. The van der Waals surface area contributed by atoms with E-state index in [-0.39, 0.29) is 18.3 Å². The lowest BCUT2D eigenvalue weighted by Crippen LogP contribution is -2.49. The standard InChI is InChI=1S/C19H23FN4O2/c1-18(2,14-4-6-15(20)7-5-14)16(25)23-12-19(26)8-11-24(13-19)17-21-9-3-10-22-17/h3-7,9-10,26H,8,11-13H2,1-2H3,(H,23,25). The van der Waals surface area contributed by atoms with E-state index in [2.05, 4.69) is 15.3 Å². The van der Waals surface area contributed by atoms with Crippen LogP contribution < -0.4 is 10.2 Å². The van der Waals surface area contributed by atoms with E-state index in [0.717, 1.165) is 0 Å². The predicted octanol–water partition coefficient (Wildman–Crippen LogP) is 1.65. The SMILES string of the molecule is CC(C)(C(=O)NCC1(O)CCN(c2ncccn2)C1)c1ccc(F)cc1. The van der Waals surface area contributed by atoms with Crippen LogP contribution in [0.2, 0.25) is 0 Å². The third-order valence-electron chi connectivity index (χ3n) is 4.88. The molecule has 1 aromatic heterocycles. The summed E-state index contributed by atoms with van der Waals surface area (Å²) in [5, 5.41) is 13.6. The maximum atomic E-state index is 13.1. The third kappa shape index (κ3) is 3.83. The lowest BCUT2D eigenvalue weighted by Gasteiger charge is -2.28. The van der Waals surface area contributed by atoms with E-state index < -0.39 is 11.0 Å². The largest absolute Gasteiger partial charge is 0.386 e. The Morgan fingerprint density at radius 3 is 2.62 bits per heavy atom. The van der Waals surface area contributed by atoms with Crippen molar-refractivity contribution in [2.45, 2.75) is 31.3 Å². The number of hydrogen-bond acceptors (Lipinski definition) is 5. The molecule has 1 unspecified atom stereocenters. The Kier molecular flexibility index (Phi) is 4.91. The van der Waals surface area contributed by atoms with Crippen LogP contribution in [-0.4, -0.2) is 46.2 Å². The van der Waals surface area contributed by atoms with E-state index >= 15 is 0 Å². The van der Waals surface area contributed by atoms with Crippen LogP contribution in [-0.2, 0) is 10.2 Å². The molecule has 6 nitrogen and oxygen atoms in total. The van der Waals surface area contributed by atoms with Crippen LogP contribution in [0.3, 0.4) is 0 Å². The topological polar surface area (TPSA) is 78.4 Å². The average Bonchev–Trinajstić information content (AvgIpc) is 3.03. The fourth-order valence-electron chi connectivity index (χ4n) is 3.09. The van der Waals surface area contributed by atoms with Crippen molar-refractivity contribution < 1.29 is 14.3 Å². The van der Waals surface area contributed by atoms with Crippen molar-refractivity contribution in [2.75, 3.05) is 24.5 Å². The Labute approximate surface area is 152 Å². The smallest absolute Gasteiger partial charge is 0.230 e. The fourth-order valence-corrected chi connectivity index (χ4v) is 3.09. The minimum absolute atomic E-state index is 0.139. The molecule has 2 heterocycles. The van der Waals surface area contributed by atoms with Gasteiger partial charge in [-0.1, -0.05) is 12.1 Å². The summed E-state index contributed by atoms with van der Waals surface area (Å²) in [6.07, 6.45) is 3.84. The monoisotopic (exact) mass is 358 g/mol. The van der Waals surface area contributed by atoms with Gasteiger partial charge in [-0.05, 0) is 44.0 Å². The van der Waals surface area contributed by atoms with Gasteiger partial charge >= 0.3 is 0 Å². The van der Waals surface area contributed by atoms with Gasteiger partial charge in [-0.25, -0.2) is 14.4 Å². The van der Waals surface area contributed by atoms with Gasteiger partial charge in [0.15, 0.2) is 0 Å². The van der Waals surface area contributed by atoms with Gasteiger partial charge in [0.25, 0.3) is 0 Å². The first-order valence-electron chi connectivity index (χ1n) is 8.59. The number of halogens is 1. The number of nitrogens with one attached hydrogen (secondary N) is 1. The van der Waals surface area contributed by atoms with Gasteiger partial charge in [-0.3, -0.25) is 4.79 Å². The number of nitrogens with zero attached hydrogens (tertiary/aromatic N) is 3. The molecule has 2 N–H and O–H groups in total. The Morgan fingerprint density at radius 1 is 1.31 bits per heavy atom. The maximum absolute atomic E-state index is 13.1. The second kappa shape index (κ2) is 6.99. The molecule has 0 aliphatic carbocycles. The van der Waals surface area contributed by atoms with Gasteiger partial charge in [-0.15, -0.1) is 0 Å². The van der Waals surface area contributed by atoms with Crippen molar-refractivity contribution in [3.63, 3.8) is 0 Å². The minimum Gasteiger partial charge on any atom is -0.386 e. The molecule has 1 aromatic carbocycles. The van der Waals surface area contributed by atoms with E-state index in [4.69, 9.17) is 0 Å². The van der Waals surface area contributed by atoms with Gasteiger partial charge in [0.05, 0.1) is 12.0 Å². The number of carbonyl (C=O) groups excluding carboxylic acids is 1. The summed E-state index contributed by atoms with van der Waals surface area (Å²) in [6, 6.07) is 7.63. The van der Waals surface area contributed by atoms with Gasteiger partial charge in [0.2, 0.25) is 11.9 Å². The Balaban J connectivity index is 1.61. The zero-order valence-corrected chi connectivity index (χ0v) is 14.9. The van der Waals surface area contributed by atoms with Crippen molar-refractivity contribution in [2.24, 2.45) is 0 Å². The van der Waals surface area contributed by atoms with E-state index in [0.29, 0.717) is 31.0 Å². The second-order valence-corrected chi connectivity index (χ2v) is 7.26. The maximum Gasteiger partial charge on any atom is 0.230 e. The molecule has 1 aliphatic heterocycles. The molecule has 0 radical (unpaired) electrons. The first-order chi connectivity index (χ1) is 12.3. The molecule has 138 valence electrons. The summed E-state index contributed by atoms with van der Waals surface area (Å²) < 4.78 is 13.1. The molecule has 26 heavy (non-hydrogen) atoms. The normalized spacial score (nSPS) is 20.2. The Morgan fingerprint density at radius 2 is 1.96 bits per heavy atom. The molecule has 0 spiro atoms. The van der Waals surface area contributed by atoms with Gasteiger partial charge in [0.1, 0.15) is 11.4 Å². The zero-order chi connectivity index (χ0) is 18.8. The van der Waals surface area contributed by atoms with E-state index in [9.17, 15) is 14.3 Å². The van der Waals surface area contributed by atoms with Crippen molar-refractivity contribution in [1.82, 2.24) is 15.3 Å². The highest BCUT2D eigenvalue weighted by molar-refractivity contribution is 5.87. The average molecular weight is 358 g/mol. The van der Waals surface area contributed by atoms with Crippen LogP contribution in [0, 0.1) is 5.82 Å².